The number of carbonyl (C=O) groups excluding carboxylic acids is 4. The number of benzene rings is 1. The van der Waals surface area contributed by atoms with Gasteiger partial charge in [0.2, 0.25) is 11.8 Å². The monoisotopic (exact) mass is 567 g/mol. The van der Waals surface area contributed by atoms with E-state index in [0.29, 0.717) is 6.42 Å². The first-order valence-electron chi connectivity index (χ1n) is 13.3. The van der Waals surface area contributed by atoms with Crippen LogP contribution in [0, 0.1) is 5.92 Å². The Balaban J connectivity index is 1.83. The van der Waals surface area contributed by atoms with Crippen LogP contribution in [0.1, 0.15) is 55.6 Å². The zero-order valence-corrected chi connectivity index (χ0v) is 23.2. The summed E-state index contributed by atoms with van der Waals surface area (Å²) in [6.45, 7) is 3.77. The lowest BCUT2D eigenvalue weighted by Gasteiger charge is -2.26. The van der Waals surface area contributed by atoms with Gasteiger partial charge in [0.05, 0.1) is 25.0 Å². The van der Waals surface area contributed by atoms with Crippen molar-refractivity contribution >= 4 is 36.8 Å². The van der Waals surface area contributed by atoms with Crippen LogP contribution in [0.15, 0.2) is 48.9 Å². The number of hydrogen-bond acceptors (Lipinski definition) is 9. The van der Waals surface area contributed by atoms with E-state index in [4.69, 9.17) is 9.31 Å². The molecule has 218 valence electrons. The first kappa shape index (κ1) is 31.2. The highest BCUT2D eigenvalue weighted by Gasteiger charge is 2.57. The Labute approximate surface area is 237 Å². The van der Waals surface area contributed by atoms with Gasteiger partial charge in [0.1, 0.15) is 11.7 Å². The average Bonchev–Trinajstić information content (AvgIpc) is 3.25. The number of carbonyl (C=O) groups is 5. The largest absolute Gasteiger partial charge is 0.552 e. The molecular formula is C27H34BN5O8. The second-order valence-electron chi connectivity index (χ2n) is 10.2. The van der Waals surface area contributed by atoms with Crippen molar-refractivity contribution < 1.29 is 38.4 Å². The fraction of sp³-hybridized carbons (Fsp3) is 0.444. The molecule has 13 nitrogen and oxygen atoms in total. The predicted octanol–water partition coefficient (Wildman–Crippen LogP) is 0.689. The molecular weight excluding hydrogens is 533 g/mol. The molecule has 1 aromatic carbocycles. The number of carboxylic acid groups (broad SMARTS) is 1. The fourth-order valence-electron chi connectivity index (χ4n) is 4.46. The molecule has 3 atom stereocenters. The molecule has 2 aromatic rings. The van der Waals surface area contributed by atoms with E-state index in [9.17, 15) is 29.1 Å². The first-order chi connectivity index (χ1) is 19.5. The van der Waals surface area contributed by atoms with Gasteiger partial charge in [-0.15, -0.1) is 0 Å². The van der Waals surface area contributed by atoms with Crippen molar-refractivity contribution in [2.24, 2.45) is 5.92 Å². The Morgan fingerprint density at radius 2 is 1.80 bits per heavy atom. The number of hydrogen-bond donors (Lipinski definition) is 4. The van der Waals surface area contributed by atoms with Crippen molar-refractivity contribution in [1.29, 1.82) is 0 Å². The van der Waals surface area contributed by atoms with Crippen LogP contribution in [0.4, 0.5) is 0 Å². The second kappa shape index (κ2) is 14.3. The van der Waals surface area contributed by atoms with Crippen molar-refractivity contribution in [2.75, 3.05) is 7.05 Å². The van der Waals surface area contributed by atoms with E-state index in [1.807, 2.05) is 44.2 Å². The number of carboxylic acids is 1. The van der Waals surface area contributed by atoms with E-state index in [0.717, 1.165) is 5.56 Å². The van der Waals surface area contributed by atoms with Gasteiger partial charge in [-0.1, -0.05) is 44.2 Å². The van der Waals surface area contributed by atoms with Crippen LogP contribution >= 0.6 is 0 Å². The quantitative estimate of drug-likeness (QED) is 0.237. The van der Waals surface area contributed by atoms with Crippen LogP contribution < -0.4 is 16.0 Å². The van der Waals surface area contributed by atoms with E-state index in [2.05, 4.69) is 25.9 Å². The Hall–Kier alpha value is -4.33. The van der Waals surface area contributed by atoms with Gasteiger partial charge < -0.3 is 30.4 Å². The predicted molar refractivity (Wildman–Crippen MR) is 146 cm³/mol. The third-order valence-corrected chi connectivity index (χ3v) is 6.46. The molecule has 0 saturated carbocycles. The molecule has 2 heterocycles. The molecule has 0 bridgehead atoms. The highest BCUT2D eigenvalue weighted by atomic mass is 16.7. The smallest absolute Gasteiger partial charge is 0.506 e. The minimum atomic E-state index is -2.05. The number of aliphatic carboxylic acids is 1. The molecule has 1 aliphatic heterocycles. The van der Waals surface area contributed by atoms with Gasteiger partial charge in [-0.25, -0.2) is 4.98 Å². The van der Waals surface area contributed by atoms with E-state index in [1.165, 1.54) is 25.6 Å². The van der Waals surface area contributed by atoms with Crippen LogP contribution in [0.25, 0.3) is 0 Å². The van der Waals surface area contributed by atoms with Crippen molar-refractivity contribution in [3.8, 4) is 0 Å². The van der Waals surface area contributed by atoms with Crippen LogP contribution in [0.2, 0.25) is 0 Å². The Kier molecular flexibility index (Phi) is 10.9. The van der Waals surface area contributed by atoms with E-state index >= 15 is 0 Å². The summed E-state index contributed by atoms with van der Waals surface area (Å²) in [6.07, 6.45) is 3.69. The van der Waals surface area contributed by atoms with E-state index in [1.54, 1.807) is 0 Å². The molecule has 1 aliphatic rings. The molecule has 0 aliphatic carbocycles. The topological polar surface area (TPSA) is 186 Å². The maximum Gasteiger partial charge on any atom is 0.552 e. The van der Waals surface area contributed by atoms with E-state index in [-0.39, 0.29) is 24.5 Å². The maximum absolute atomic E-state index is 13.6. The van der Waals surface area contributed by atoms with Crippen LogP contribution in [-0.2, 0) is 34.9 Å². The summed E-state index contributed by atoms with van der Waals surface area (Å²) in [5, 5.41) is 17.3. The normalized spacial score (nSPS) is 17.9. The minimum absolute atomic E-state index is 0.00651. The Morgan fingerprint density at radius 3 is 2.41 bits per heavy atom. The highest BCUT2D eigenvalue weighted by Crippen LogP contribution is 2.32. The lowest BCUT2D eigenvalue weighted by atomic mass is 9.73. The number of rotatable bonds is 14. The number of nitrogens with zero attached hydrogens (tertiary/aromatic N) is 2. The number of aryl methyl sites for hydroxylation is 1. The Morgan fingerprint density at radius 1 is 1.07 bits per heavy atom. The van der Waals surface area contributed by atoms with Gasteiger partial charge in [-0.05, 0) is 30.7 Å². The van der Waals surface area contributed by atoms with Crippen molar-refractivity contribution in [3.05, 3.63) is 60.2 Å². The number of aromatic nitrogens is 2. The van der Waals surface area contributed by atoms with Crippen LogP contribution in [-0.4, -0.2) is 76.5 Å². The van der Waals surface area contributed by atoms with Gasteiger partial charge in [0.25, 0.3) is 5.91 Å². The van der Waals surface area contributed by atoms with Gasteiger partial charge in [0, 0.05) is 19.4 Å². The zero-order valence-electron chi connectivity index (χ0n) is 23.2. The fourth-order valence-corrected chi connectivity index (χ4v) is 4.46. The van der Waals surface area contributed by atoms with Gasteiger partial charge in [-0.3, -0.25) is 29.0 Å². The molecule has 41 heavy (non-hydrogen) atoms. The summed E-state index contributed by atoms with van der Waals surface area (Å²) in [5.74, 6) is -5.04. The summed E-state index contributed by atoms with van der Waals surface area (Å²) in [4.78, 5) is 70.9. The lowest BCUT2D eigenvalue weighted by molar-refractivity contribution is -0.154. The van der Waals surface area contributed by atoms with Gasteiger partial charge >= 0.3 is 19.1 Å². The third-order valence-electron chi connectivity index (χ3n) is 6.46. The number of amides is 3. The maximum atomic E-state index is 13.6. The van der Waals surface area contributed by atoms with Crippen molar-refractivity contribution in [2.45, 2.75) is 63.5 Å². The SMILES string of the molecule is CNC(=O)C[C@]1(CC(=O)O)OB([C@H](CC(C)C)NC(=O)[C@H](CCc2ccccc2)NC(=O)c2cnccn2)OC1=O. The molecule has 4 N–H and O–H groups in total. The molecule has 1 fully saturated rings. The van der Waals surface area contributed by atoms with Crippen LogP contribution in [0.3, 0.4) is 0 Å². The summed E-state index contributed by atoms with van der Waals surface area (Å²) < 4.78 is 11.3. The number of nitrogens with one attached hydrogen (secondary N) is 3. The molecule has 1 aromatic heterocycles. The second-order valence-corrected chi connectivity index (χ2v) is 10.2. The molecule has 3 rings (SSSR count). The molecule has 3 amide bonds. The van der Waals surface area contributed by atoms with E-state index < -0.39 is 67.2 Å². The summed E-state index contributed by atoms with van der Waals surface area (Å²) in [7, 11) is -0.00956. The molecule has 0 spiro atoms. The lowest BCUT2D eigenvalue weighted by Crippen LogP contribution is -2.55. The van der Waals surface area contributed by atoms with Crippen molar-refractivity contribution in [3.63, 3.8) is 0 Å². The standard InChI is InChI=1S/C27H34BN5O8/c1-17(2)13-21(28-40-26(39)27(41-28,15-23(35)36)14-22(34)29-3)33-24(37)19(10-9-18-7-5-4-6-8-18)32-25(38)20-16-30-11-12-31-20/h4-8,11-12,16-17,19,21H,9-10,13-15H2,1-3H3,(H,29,34)(H,32,38)(H,33,37)(H,35,36)/t19-,21-,27+/m0/s1. The minimum Gasteiger partial charge on any atom is -0.506 e. The summed E-state index contributed by atoms with van der Waals surface area (Å²) in [5.41, 5.74) is -1.06. The van der Waals surface area contributed by atoms with Crippen LogP contribution in [0.5, 0.6) is 0 Å². The zero-order chi connectivity index (χ0) is 30.0. The highest BCUT2D eigenvalue weighted by molar-refractivity contribution is 6.51. The third kappa shape index (κ3) is 8.83. The molecule has 0 unspecified atom stereocenters. The van der Waals surface area contributed by atoms with Crippen molar-refractivity contribution in [1.82, 2.24) is 25.9 Å². The average molecular weight is 567 g/mol. The summed E-state index contributed by atoms with van der Waals surface area (Å²) >= 11 is 0. The molecule has 1 saturated heterocycles. The first-order valence-corrected chi connectivity index (χ1v) is 13.3. The molecule has 0 radical (unpaired) electrons. The summed E-state index contributed by atoms with van der Waals surface area (Å²) in [6, 6.07) is 8.41. The molecule has 14 heteroatoms. The van der Waals surface area contributed by atoms with Gasteiger partial charge in [0.15, 0.2) is 5.60 Å². The Bertz CT molecular complexity index is 1230. The van der Waals surface area contributed by atoms with Gasteiger partial charge in [-0.2, -0.15) is 0 Å².